The average Bonchev–Trinajstić information content (AvgIpc) is 2.24. The van der Waals surface area contributed by atoms with Crippen LogP contribution in [0.15, 0.2) is 12.1 Å². The van der Waals surface area contributed by atoms with Crippen molar-refractivity contribution in [3.05, 3.63) is 37.9 Å². The van der Waals surface area contributed by atoms with Crippen LogP contribution in [0.2, 0.25) is 10.0 Å². The van der Waals surface area contributed by atoms with Crippen LogP contribution < -0.4 is 0 Å². The van der Waals surface area contributed by atoms with Gasteiger partial charge in [-0.15, -0.1) is 0 Å². The number of nitro groups is 1. The SMILES string of the molecule is COC(OC)c1cc(Cl)c(Cl)cc1[N+](=O)[O-]. The van der Waals surface area contributed by atoms with E-state index in [0.717, 1.165) is 0 Å². The molecule has 7 heteroatoms. The number of nitro benzene ring substituents is 1. The molecule has 5 nitrogen and oxygen atoms in total. The molecule has 0 aliphatic rings. The fourth-order valence-corrected chi connectivity index (χ4v) is 1.58. The molecule has 0 bridgehead atoms. The van der Waals surface area contributed by atoms with Gasteiger partial charge in [0.25, 0.3) is 5.69 Å². The molecule has 1 aromatic rings. The second-order valence-corrected chi connectivity index (χ2v) is 3.70. The maximum Gasteiger partial charge on any atom is 0.279 e. The van der Waals surface area contributed by atoms with Gasteiger partial charge in [0.15, 0.2) is 6.29 Å². The van der Waals surface area contributed by atoms with Crippen molar-refractivity contribution in [2.75, 3.05) is 14.2 Å². The zero-order valence-electron chi connectivity index (χ0n) is 8.57. The van der Waals surface area contributed by atoms with Gasteiger partial charge in [0, 0.05) is 20.3 Å². The number of hydrogen-bond acceptors (Lipinski definition) is 4. The molecule has 16 heavy (non-hydrogen) atoms. The van der Waals surface area contributed by atoms with Crippen molar-refractivity contribution >= 4 is 28.9 Å². The summed E-state index contributed by atoms with van der Waals surface area (Å²) in [7, 11) is 2.75. The van der Waals surface area contributed by atoms with Crippen molar-refractivity contribution in [3.63, 3.8) is 0 Å². The Balaban J connectivity index is 3.34. The van der Waals surface area contributed by atoms with E-state index in [4.69, 9.17) is 32.7 Å². The third kappa shape index (κ3) is 2.62. The van der Waals surface area contributed by atoms with Crippen LogP contribution in [-0.2, 0) is 9.47 Å². The van der Waals surface area contributed by atoms with Gasteiger partial charge in [-0.1, -0.05) is 23.2 Å². The Labute approximate surface area is 102 Å². The van der Waals surface area contributed by atoms with Gasteiger partial charge in [0.1, 0.15) is 0 Å². The fourth-order valence-electron chi connectivity index (χ4n) is 1.25. The minimum atomic E-state index is -0.852. The van der Waals surface area contributed by atoms with Crippen LogP contribution in [0.4, 0.5) is 5.69 Å². The van der Waals surface area contributed by atoms with E-state index >= 15 is 0 Å². The molecule has 0 aromatic heterocycles. The highest BCUT2D eigenvalue weighted by Crippen LogP contribution is 2.35. The summed E-state index contributed by atoms with van der Waals surface area (Å²) in [6, 6.07) is 2.53. The third-order valence-corrected chi connectivity index (χ3v) is 2.67. The minimum absolute atomic E-state index is 0.114. The normalized spacial score (nSPS) is 10.8. The Morgan fingerprint density at radius 1 is 1.25 bits per heavy atom. The second kappa shape index (κ2) is 5.45. The summed E-state index contributed by atoms with van der Waals surface area (Å²) in [5.74, 6) is 0. The van der Waals surface area contributed by atoms with Crippen LogP contribution >= 0.6 is 23.2 Å². The second-order valence-electron chi connectivity index (χ2n) is 2.89. The largest absolute Gasteiger partial charge is 0.351 e. The summed E-state index contributed by atoms with van der Waals surface area (Å²) in [5, 5.41) is 11.1. The molecule has 0 aliphatic heterocycles. The van der Waals surface area contributed by atoms with Crippen LogP contribution in [0, 0.1) is 10.1 Å². The lowest BCUT2D eigenvalue weighted by atomic mass is 10.1. The van der Waals surface area contributed by atoms with Gasteiger partial charge >= 0.3 is 0 Å². The Kier molecular flexibility index (Phi) is 4.49. The summed E-state index contributed by atoms with van der Waals surface area (Å²) in [4.78, 5) is 10.2. The van der Waals surface area contributed by atoms with Gasteiger partial charge in [0.2, 0.25) is 0 Å². The van der Waals surface area contributed by atoms with Crippen molar-refractivity contribution in [1.29, 1.82) is 0 Å². The average molecular weight is 266 g/mol. The van der Waals surface area contributed by atoms with E-state index in [1.165, 1.54) is 26.4 Å². The first kappa shape index (κ1) is 13.2. The van der Waals surface area contributed by atoms with Crippen LogP contribution in [-0.4, -0.2) is 19.1 Å². The van der Waals surface area contributed by atoms with Gasteiger partial charge in [-0.2, -0.15) is 0 Å². The first-order valence-electron chi connectivity index (χ1n) is 4.20. The van der Waals surface area contributed by atoms with Crippen LogP contribution in [0.25, 0.3) is 0 Å². The zero-order valence-corrected chi connectivity index (χ0v) is 10.1. The van der Waals surface area contributed by atoms with Crippen LogP contribution in [0.3, 0.4) is 0 Å². The third-order valence-electron chi connectivity index (χ3n) is 1.95. The van der Waals surface area contributed by atoms with E-state index in [1.54, 1.807) is 0 Å². The lowest BCUT2D eigenvalue weighted by Gasteiger charge is -2.14. The van der Waals surface area contributed by atoms with Gasteiger partial charge in [0.05, 0.1) is 20.5 Å². The molecule has 88 valence electrons. The molecule has 0 N–H and O–H groups in total. The minimum Gasteiger partial charge on any atom is -0.351 e. The molecule has 0 unspecified atom stereocenters. The molecule has 0 fully saturated rings. The monoisotopic (exact) mass is 265 g/mol. The first-order chi connectivity index (χ1) is 7.51. The van der Waals surface area contributed by atoms with Crippen molar-refractivity contribution in [1.82, 2.24) is 0 Å². The number of nitrogens with zero attached hydrogens (tertiary/aromatic N) is 1. The molecule has 0 spiro atoms. The lowest BCUT2D eigenvalue weighted by molar-refractivity contribution is -0.387. The molecular weight excluding hydrogens is 257 g/mol. The van der Waals surface area contributed by atoms with Gasteiger partial charge in [-0.05, 0) is 6.07 Å². The first-order valence-corrected chi connectivity index (χ1v) is 4.95. The Morgan fingerprint density at radius 2 is 1.75 bits per heavy atom. The molecule has 0 aliphatic carbocycles. The standard InChI is InChI=1S/C9H9Cl2NO4/c1-15-9(16-2)5-3-6(10)7(11)4-8(5)12(13)14/h3-4,9H,1-2H3. The smallest absolute Gasteiger partial charge is 0.279 e. The Bertz CT molecular complexity index is 407. The van der Waals surface area contributed by atoms with Crippen molar-refractivity contribution in [2.24, 2.45) is 0 Å². The summed E-state index contributed by atoms with van der Waals surface area (Å²) in [6.07, 6.45) is -0.852. The number of methoxy groups -OCH3 is 2. The highest BCUT2D eigenvalue weighted by atomic mass is 35.5. The summed E-state index contributed by atoms with van der Waals surface area (Å²) >= 11 is 11.5. The molecule has 0 saturated carbocycles. The summed E-state index contributed by atoms with van der Waals surface area (Å²) in [5.41, 5.74) is 0.0347. The van der Waals surface area contributed by atoms with Crippen LogP contribution in [0.5, 0.6) is 0 Å². The zero-order chi connectivity index (χ0) is 12.3. The Hall–Kier alpha value is -0.880. The highest BCUT2D eigenvalue weighted by Gasteiger charge is 2.23. The fraction of sp³-hybridized carbons (Fsp3) is 0.333. The molecule has 0 amide bonds. The van der Waals surface area contributed by atoms with E-state index in [-0.39, 0.29) is 21.3 Å². The Morgan fingerprint density at radius 3 is 2.19 bits per heavy atom. The van der Waals surface area contributed by atoms with Gasteiger partial charge < -0.3 is 9.47 Å². The molecule has 0 radical (unpaired) electrons. The molecule has 0 atom stereocenters. The summed E-state index contributed by atoms with van der Waals surface area (Å²) < 4.78 is 9.89. The van der Waals surface area contributed by atoms with Crippen molar-refractivity contribution in [2.45, 2.75) is 6.29 Å². The van der Waals surface area contributed by atoms with E-state index in [2.05, 4.69) is 0 Å². The number of halogens is 2. The topological polar surface area (TPSA) is 61.6 Å². The predicted molar refractivity (Wildman–Crippen MR) is 59.9 cm³/mol. The predicted octanol–water partition coefficient (Wildman–Crippen LogP) is 3.19. The van der Waals surface area contributed by atoms with E-state index in [0.29, 0.717) is 0 Å². The number of hydrogen-bond donors (Lipinski definition) is 0. The van der Waals surface area contributed by atoms with Gasteiger partial charge in [-0.3, -0.25) is 10.1 Å². The van der Waals surface area contributed by atoms with Crippen LogP contribution in [0.1, 0.15) is 11.9 Å². The van der Waals surface area contributed by atoms with E-state index < -0.39 is 11.2 Å². The molecular formula is C9H9Cl2NO4. The summed E-state index contributed by atoms with van der Waals surface area (Å²) in [6.45, 7) is 0. The van der Waals surface area contributed by atoms with Gasteiger partial charge in [-0.25, -0.2) is 0 Å². The number of benzene rings is 1. The quantitative estimate of drug-likeness (QED) is 0.477. The maximum absolute atomic E-state index is 10.8. The molecule has 1 aromatic carbocycles. The highest BCUT2D eigenvalue weighted by molar-refractivity contribution is 6.42. The number of ether oxygens (including phenoxy) is 2. The maximum atomic E-state index is 10.8. The van der Waals surface area contributed by atoms with Crippen molar-refractivity contribution < 1.29 is 14.4 Å². The van der Waals surface area contributed by atoms with E-state index in [9.17, 15) is 10.1 Å². The molecule has 1 rings (SSSR count). The van der Waals surface area contributed by atoms with Crippen molar-refractivity contribution in [3.8, 4) is 0 Å². The molecule has 0 heterocycles. The molecule has 0 saturated heterocycles. The lowest BCUT2D eigenvalue weighted by Crippen LogP contribution is -2.07. The number of rotatable bonds is 4. The van der Waals surface area contributed by atoms with E-state index in [1.807, 2.05) is 0 Å².